The van der Waals surface area contributed by atoms with Gasteiger partial charge in [-0.1, -0.05) is 66.2 Å². The van der Waals surface area contributed by atoms with Gasteiger partial charge < -0.3 is 10.2 Å². The minimum atomic E-state index is 0.106. The van der Waals surface area contributed by atoms with Crippen molar-refractivity contribution in [3.05, 3.63) is 83.4 Å². The summed E-state index contributed by atoms with van der Waals surface area (Å²) in [6.07, 6.45) is 1.58. The SMILES string of the molecule is Cc1ccc(-c2c(O)ccc(CCc3ccccc3)c2O)cc1. The molecule has 0 radical (unpaired) electrons. The fourth-order valence-corrected chi connectivity index (χ4v) is 2.75. The zero-order chi connectivity index (χ0) is 16.2. The molecule has 0 fully saturated rings. The van der Waals surface area contributed by atoms with Gasteiger partial charge in [0, 0.05) is 0 Å². The molecule has 0 unspecified atom stereocenters. The Morgan fingerprint density at radius 2 is 1.43 bits per heavy atom. The van der Waals surface area contributed by atoms with E-state index in [1.54, 1.807) is 12.1 Å². The minimum absolute atomic E-state index is 0.106. The number of phenols is 2. The summed E-state index contributed by atoms with van der Waals surface area (Å²) in [5, 5.41) is 20.8. The highest BCUT2D eigenvalue weighted by molar-refractivity contribution is 5.77. The smallest absolute Gasteiger partial charge is 0.130 e. The molecule has 0 saturated heterocycles. The summed E-state index contributed by atoms with van der Waals surface area (Å²) in [6.45, 7) is 2.01. The Hall–Kier alpha value is -2.74. The van der Waals surface area contributed by atoms with E-state index in [0.29, 0.717) is 5.56 Å². The largest absolute Gasteiger partial charge is 0.507 e. The van der Waals surface area contributed by atoms with Gasteiger partial charge in [0.05, 0.1) is 5.56 Å². The molecule has 23 heavy (non-hydrogen) atoms. The molecule has 0 saturated carbocycles. The number of hydrogen-bond donors (Lipinski definition) is 2. The van der Waals surface area contributed by atoms with Crippen LogP contribution in [0, 0.1) is 6.92 Å². The van der Waals surface area contributed by atoms with Crippen molar-refractivity contribution in [2.24, 2.45) is 0 Å². The first-order valence-corrected chi connectivity index (χ1v) is 7.80. The van der Waals surface area contributed by atoms with Crippen molar-refractivity contribution < 1.29 is 10.2 Å². The summed E-state index contributed by atoms with van der Waals surface area (Å²) in [6, 6.07) is 21.5. The topological polar surface area (TPSA) is 40.5 Å². The fraction of sp³-hybridized carbons (Fsp3) is 0.143. The zero-order valence-electron chi connectivity index (χ0n) is 13.2. The van der Waals surface area contributed by atoms with Gasteiger partial charge in [0.15, 0.2) is 0 Å². The van der Waals surface area contributed by atoms with E-state index in [2.05, 4.69) is 12.1 Å². The first kappa shape index (κ1) is 15.2. The molecule has 0 atom stereocenters. The molecule has 0 spiro atoms. The molecular formula is C21H20O2. The van der Waals surface area contributed by atoms with Gasteiger partial charge in [0.1, 0.15) is 11.5 Å². The second-order valence-electron chi connectivity index (χ2n) is 5.82. The molecule has 2 N–H and O–H groups in total. The molecule has 0 aliphatic carbocycles. The van der Waals surface area contributed by atoms with Gasteiger partial charge in [0.25, 0.3) is 0 Å². The molecule has 3 aromatic rings. The summed E-state index contributed by atoms with van der Waals surface area (Å²) in [4.78, 5) is 0. The fourth-order valence-electron chi connectivity index (χ4n) is 2.75. The van der Waals surface area contributed by atoms with E-state index in [1.165, 1.54) is 5.56 Å². The summed E-state index contributed by atoms with van der Waals surface area (Å²) in [5.74, 6) is 0.277. The Balaban J connectivity index is 1.91. The Labute approximate surface area is 136 Å². The Morgan fingerprint density at radius 3 is 2.13 bits per heavy atom. The van der Waals surface area contributed by atoms with E-state index in [9.17, 15) is 10.2 Å². The van der Waals surface area contributed by atoms with Crippen LogP contribution in [-0.4, -0.2) is 10.2 Å². The van der Waals surface area contributed by atoms with Crippen LogP contribution in [0.25, 0.3) is 11.1 Å². The Bertz CT molecular complexity index is 790. The van der Waals surface area contributed by atoms with Crippen molar-refractivity contribution >= 4 is 0 Å². The van der Waals surface area contributed by atoms with Crippen LogP contribution >= 0.6 is 0 Å². The number of aryl methyl sites for hydroxylation is 3. The highest BCUT2D eigenvalue weighted by Gasteiger charge is 2.14. The maximum Gasteiger partial charge on any atom is 0.130 e. The third kappa shape index (κ3) is 3.37. The second kappa shape index (κ2) is 6.57. The molecule has 3 aromatic carbocycles. The number of benzene rings is 3. The van der Waals surface area contributed by atoms with E-state index in [1.807, 2.05) is 49.4 Å². The van der Waals surface area contributed by atoms with Crippen LogP contribution in [0.2, 0.25) is 0 Å². The molecule has 0 aliphatic heterocycles. The van der Waals surface area contributed by atoms with Crippen LogP contribution < -0.4 is 0 Å². The number of hydrogen-bond acceptors (Lipinski definition) is 2. The van der Waals surface area contributed by atoms with Crippen molar-refractivity contribution in [3.63, 3.8) is 0 Å². The molecule has 116 valence electrons. The van der Waals surface area contributed by atoms with E-state index in [4.69, 9.17) is 0 Å². The van der Waals surface area contributed by atoms with Crippen molar-refractivity contribution in [1.29, 1.82) is 0 Å². The molecule has 0 aromatic heterocycles. The average molecular weight is 304 g/mol. The molecule has 3 rings (SSSR count). The van der Waals surface area contributed by atoms with Gasteiger partial charge in [-0.3, -0.25) is 0 Å². The number of aromatic hydroxyl groups is 2. The summed E-state index contributed by atoms with van der Waals surface area (Å²) in [5.41, 5.74) is 4.56. The van der Waals surface area contributed by atoms with E-state index in [-0.39, 0.29) is 11.5 Å². The van der Waals surface area contributed by atoms with Gasteiger partial charge >= 0.3 is 0 Å². The van der Waals surface area contributed by atoms with Crippen LogP contribution in [0.3, 0.4) is 0 Å². The third-order valence-electron chi connectivity index (χ3n) is 4.11. The molecule has 2 heteroatoms. The summed E-state index contributed by atoms with van der Waals surface area (Å²) >= 11 is 0. The third-order valence-corrected chi connectivity index (χ3v) is 4.11. The van der Waals surface area contributed by atoms with Crippen molar-refractivity contribution in [2.45, 2.75) is 19.8 Å². The molecular weight excluding hydrogens is 284 g/mol. The summed E-state index contributed by atoms with van der Waals surface area (Å²) < 4.78 is 0. The quantitative estimate of drug-likeness (QED) is 0.722. The molecule has 0 bridgehead atoms. The van der Waals surface area contributed by atoms with Gasteiger partial charge in [-0.15, -0.1) is 0 Å². The molecule has 0 amide bonds. The predicted molar refractivity (Wildman–Crippen MR) is 93.8 cm³/mol. The second-order valence-corrected chi connectivity index (χ2v) is 5.82. The van der Waals surface area contributed by atoms with Crippen molar-refractivity contribution in [3.8, 4) is 22.6 Å². The average Bonchev–Trinajstić information content (AvgIpc) is 2.57. The van der Waals surface area contributed by atoms with Crippen molar-refractivity contribution in [2.75, 3.05) is 0 Å². The monoisotopic (exact) mass is 304 g/mol. The van der Waals surface area contributed by atoms with Gasteiger partial charge in [-0.05, 0) is 42.5 Å². The predicted octanol–water partition coefficient (Wildman–Crippen LogP) is 4.86. The Kier molecular flexibility index (Phi) is 4.33. The molecule has 0 heterocycles. The highest BCUT2D eigenvalue weighted by atomic mass is 16.3. The van der Waals surface area contributed by atoms with E-state index < -0.39 is 0 Å². The summed E-state index contributed by atoms with van der Waals surface area (Å²) in [7, 11) is 0. The van der Waals surface area contributed by atoms with Crippen LogP contribution in [0.15, 0.2) is 66.7 Å². The van der Waals surface area contributed by atoms with Crippen LogP contribution in [-0.2, 0) is 12.8 Å². The normalized spacial score (nSPS) is 10.7. The number of rotatable bonds is 4. The van der Waals surface area contributed by atoms with Gasteiger partial charge in [-0.25, -0.2) is 0 Å². The number of phenolic OH excluding ortho intramolecular Hbond substituents is 2. The van der Waals surface area contributed by atoms with Gasteiger partial charge in [-0.2, -0.15) is 0 Å². The lowest BCUT2D eigenvalue weighted by atomic mass is 9.96. The van der Waals surface area contributed by atoms with E-state index >= 15 is 0 Å². The van der Waals surface area contributed by atoms with Crippen LogP contribution in [0.5, 0.6) is 11.5 Å². The maximum atomic E-state index is 10.6. The lowest BCUT2D eigenvalue weighted by Gasteiger charge is -2.12. The lowest BCUT2D eigenvalue weighted by molar-refractivity contribution is 0.449. The lowest BCUT2D eigenvalue weighted by Crippen LogP contribution is -1.93. The Morgan fingerprint density at radius 1 is 0.739 bits per heavy atom. The highest BCUT2D eigenvalue weighted by Crippen LogP contribution is 2.39. The standard InChI is InChI=1S/C21H20O2/c1-15-7-10-17(11-8-15)20-19(22)14-13-18(21(20)23)12-9-16-5-3-2-4-6-16/h2-8,10-11,13-14,22-23H,9,12H2,1H3. The van der Waals surface area contributed by atoms with Crippen molar-refractivity contribution in [1.82, 2.24) is 0 Å². The zero-order valence-corrected chi connectivity index (χ0v) is 13.2. The molecule has 2 nitrogen and oxygen atoms in total. The first-order chi connectivity index (χ1) is 11.1. The first-order valence-electron chi connectivity index (χ1n) is 7.80. The van der Waals surface area contributed by atoms with Crippen LogP contribution in [0.1, 0.15) is 16.7 Å². The van der Waals surface area contributed by atoms with Gasteiger partial charge in [0.2, 0.25) is 0 Å². The minimum Gasteiger partial charge on any atom is -0.507 e. The maximum absolute atomic E-state index is 10.6. The van der Waals surface area contributed by atoms with E-state index in [0.717, 1.165) is 29.5 Å². The molecule has 0 aliphatic rings. The van der Waals surface area contributed by atoms with Crippen LogP contribution in [0.4, 0.5) is 0 Å².